The number of aromatic nitrogens is 1. The third kappa shape index (κ3) is 2.57. The lowest BCUT2D eigenvalue weighted by Gasteiger charge is -2.07. The van der Waals surface area contributed by atoms with E-state index in [4.69, 9.17) is 5.73 Å². The van der Waals surface area contributed by atoms with Gasteiger partial charge in [0.2, 0.25) is 5.82 Å². The first kappa shape index (κ1) is 12.7. The van der Waals surface area contributed by atoms with E-state index in [1.165, 1.54) is 18.2 Å². The minimum atomic E-state index is -1.07. The first-order valence-electron chi connectivity index (χ1n) is 5.11. The van der Waals surface area contributed by atoms with Crippen molar-refractivity contribution in [1.29, 1.82) is 0 Å². The van der Waals surface area contributed by atoms with E-state index in [1.54, 1.807) is 0 Å². The van der Waals surface area contributed by atoms with Gasteiger partial charge in [0.1, 0.15) is 5.82 Å². The molecule has 1 heterocycles. The number of nitrogens with one attached hydrogen (secondary N) is 1. The van der Waals surface area contributed by atoms with Gasteiger partial charge in [-0.05, 0) is 18.2 Å². The summed E-state index contributed by atoms with van der Waals surface area (Å²) in [5.41, 5.74) is 4.89. The molecule has 0 radical (unpaired) electrons. The lowest BCUT2D eigenvalue weighted by Crippen LogP contribution is -2.02. The van der Waals surface area contributed by atoms with Crippen molar-refractivity contribution in [2.45, 2.75) is 0 Å². The van der Waals surface area contributed by atoms with Gasteiger partial charge >= 0.3 is 5.69 Å². The Hall–Kier alpha value is -2.77. The van der Waals surface area contributed by atoms with Crippen LogP contribution in [0.5, 0.6) is 0 Å². The van der Waals surface area contributed by atoms with E-state index in [2.05, 4.69) is 10.3 Å². The zero-order chi connectivity index (χ0) is 14.0. The first-order valence-corrected chi connectivity index (χ1v) is 5.11. The molecule has 0 amide bonds. The zero-order valence-electron chi connectivity index (χ0n) is 9.43. The van der Waals surface area contributed by atoms with Gasteiger partial charge in [-0.3, -0.25) is 10.1 Å². The molecule has 0 aliphatic carbocycles. The fourth-order valence-corrected chi connectivity index (χ4v) is 1.43. The van der Waals surface area contributed by atoms with Gasteiger partial charge in [-0.25, -0.2) is 13.8 Å². The molecule has 8 heteroatoms. The third-order valence-corrected chi connectivity index (χ3v) is 2.31. The van der Waals surface area contributed by atoms with Crippen molar-refractivity contribution in [3.05, 3.63) is 52.1 Å². The van der Waals surface area contributed by atoms with Crippen molar-refractivity contribution in [3.8, 4) is 0 Å². The summed E-state index contributed by atoms with van der Waals surface area (Å²) in [5, 5.41) is 13.0. The minimum absolute atomic E-state index is 0.0765. The largest absolute Gasteiger partial charge is 0.378 e. The molecule has 2 aromatic rings. The second-order valence-electron chi connectivity index (χ2n) is 3.58. The van der Waals surface area contributed by atoms with E-state index in [9.17, 15) is 18.9 Å². The van der Waals surface area contributed by atoms with Crippen LogP contribution in [0.25, 0.3) is 0 Å². The van der Waals surface area contributed by atoms with Crippen molar-refractivity contribution in [1.82, 2.24) is 4.98 Å². The molecular formula is C11H8F2N4O2. The van der Waals surface area contributed by atoms with Crippen LogP contribution in [0.4, 0.5) is 31.8 Å². The van der Waals surface area contributed by atoms with Crippen LogP contribution in [0.1, 0.15) is 0 Å². The van der Waals surface area contributed by atoms with Gasteiger partial charge in [-0.15, -0.1) is 0 Å². The summed E-state index contributed by atoms with van der Waals surface area (Å²) in [5.74, 6) is -2.32. The highest BCUT2D eigenvalue weighted by Gasteiger charge is 2.14. The second kappa shape index (κ2) is 4.84. The van der Waals surface area contributed by atoms with E-state index in [0.717, 1.165) is 12.1 Å². The summed E-state index contributed by atoms with van der Waals surface area (Å²) in [6.45, 7) is 0. The molecule has 0 aliphatic rings. The third-order valence-electron chi connectivity index (χ3n) is 2.31. The molecule has 19 heavy (non-hydrogen) atoms. The lowest BCUT2D eigenvalue weighted by molar-refractivity contribution is -0.384. The van der Waals surface area contributed by atoms with E-state index in [-0.39, 0.29) is 23.0 Å². The maximum atomic E-state index is 13.4. The molecule has 0 spiro atoms. The Bertz CT molecular complexity index is 649. The molecule has 98 valence electrons. The number of pyridine rings is 1. The lowest BCUT2D eigenvalue weighted by atomic mass is 10.3. The predicted molar refractivity (Wildman–Crippen MR) is 64.9 cm³/mol. The Kier molecular flexibility index (Phi) is 3.23. The maximum absolute atomic E-state index is 13.4. The maximum Gasteiger partial charge on any atom is 0.311 e. The van der Waals surface area contributed by atoms with Gasteiger partial charge in [0, 0.05) is 6.07 Å². The van der Waals surface area contributed by atoms with Gasteiger partial charge in [-0.2, -0.15) is 0 Å². The van der Waals surface area contributed by atoms with Crippen molar-refractivity contribution < 1.29 is 13.7 Å². The summed E-state index contributed by atoms with van der Waals surface area (Å²) >= 11 is 0. The van der Waals surface area contributed by atoms with Gasteiger partial charge in [0.15, 0.2) is 11.6 Å². The van der Waals surface area contributed by atoms with Gasteiger partial charge in [0.05, 0.1) is 10.6 Å². The minimum Gasteiger partial charge on any atom is -0.378 e. The SMILES string of the molecule is Nc1nc(Nc2cccc(F)c2F)ccc1[N+](=O)[O-]. The molecule has 0 aliphatic heterocycles. The number of hydrogen-bond donors (Lipinski definition) is 2. The Labute approximate surface area is 106 Å². The zero-order valence-corrected chi connectivity index (χ0v) is 9.43. The van der Waals surface area contributed by atoms with Crippen LogP contribution in [0, 0.1) is 21.7 Å². The van der Waals surface area contributed by atoms with E-state index in [1.807, 2.05) is 0 Å². The van der Waals surface area contributed by atoms with Gasteiger partial charge in [-0.1, -0.05) is 6.07 Å². The Morgan fingerprint density at radius 3 is 2.63 bits per heavy atom. The number of nitrogens with zero attached hydrogens (tertiary/aromatic N) is 2. The number of hydrogen-bond acceptors (Lipinski definition) is 5. The number of nitrogen functional groups attached to an aromatic ring is 1. The topological polar surface area (TPSA) is 94.1 Å². The molecule has 1 aromatic carbocycles. The average molecular weight is 266 g/mol. The highest BCUT2D eigenvalue weighted by Crippen LogP contribution is 2.24. The molecule has 0 saturated heterocycles. The Morgan fingerprint density at radius 2 is 2.00 bits per heavy atom. The standard InChI is InChI=1S/C11H8F2N4O2/c12-6-2-1-3-7(10(6)13)15-9-5-4-8(17(18)19)11(14)16-9/h1-5H,(H3,14,15,16). The van der Waals surface area contributed by atoms with Gasteiger partial charge < -0.3 is 11.1 Å². The first-order chi connectivity index (χ1) is 8.99. The normalized spacial score (nSPS) is 10.2. The molecule has 0 saturated carbocycles. The molecule has 3 N–H and O–H groups in total. The number of anilines is 3. The average Bonchev–Trinajstić information content (AvgIpc) is 2.34. The van der Waals surface area contributed by atoms with Crippen molar-refractivity contribution >= 4 is 23.0 Å². The fraction of sp³-hybridized carbons (Fsp3) is 0. The Balaban J connectivity index is 2.32. The quantitative estimate of drug-likeness (QED) is 0.657. The van der Waals surface area contributed by atoms with E-state index >= 15 is 0 Å². The molecule has 0 atom stereocenters. The van der Waals surface area contributed by atoms with Crippen LogP contribution in [-0.2, 0) is 0 Å². The summed E-state index contributed by atoms with van der Waals surface area (Å²) in [6.07, 6.45) is 0. The molecule has 6 nitrogen and oxygen atoms in total. The van der Waals surface area contributed by atoms with Crippen LogP contribution in [0.15, 0.2) is 30.3 Å². The fourth-order valence-electron chi connectivity index (χ4n) is 1.43. The van der Waals surface area contributed by atoms with Crippen LogP contribution in [0.3, 0.4) is 0 Å². The molecule has 1 aromatic heterocycles. The number of benzene rings is 1. The molecule has 2 rings (SSSR count). The summed E-state index contributed by atoms with van der Waals surface area (Å²) in [4.78, 5) is 13.6. The predicted octanol–water partition coefficient (Wildman–Crippen LogP) is 2.59. The smallest absolute Gasteiger partial charge is 0.311 e. The second-order valence-corrected chi connectivity index (χ2v) is 3.58. The Morgan fingerprint density at radius 1 is 1.26 bits per heavy atom. The number of nitrogens with two attached hydrogens (primary N) is 1. The number of nitro groups is 1. The molecule has 0 bridgehead atoms. The van der Waals surface area contributed by atoms with E-state index in [0.29, 0.717) is 0 Å². The monoisotopic (exact) mass is 266 g/mol. The number of rotatable bonds is 3. The van der Waals surface area contributed by atoms with Crippen LogP contribution >= 0.6 is 0 Å². The van der Waals surface area contributed by atoms with Crippen LogP contribution in [-0.4, -0.2) is 9.91 Å². The van der Waals surface area contributed by atoms with Crippen LogP contribution < -0.4 is 11.1 Å². The summed E-state index contributed by atoms with van der Waals surface area (Å²) in [6, 6.07) is 5.96. The van der Waals surface area contributed by atoms with E-state index < -0.39 is 16.6 Å². The highest BCUT2D eigenvalue weighted by atomic mass is 19.2. The van der Waals surface area contributed by atoms with Crippen LogP contribution in [0.2, 0.25) is 0 Å². The van der Waals surface area contributed by atoms with Gasteiger partial charge in [0.25, 0.3) is 0 Å². The molecule has 0 fully saturated rings. The van der Waals surface area contributed by atoms with Crippen molar-refractivity contribution in [2.75, 3.05) is 11.1 Å². The van der Waals surface area contributed by atoms with Crippen molar-refractivity contribution in [3.63, 3.8) is 0 Å². The summed E-state index contributed by atoms with van der Waals surface area (Å²) in [7, 11) is 0. The highest BCUT2D eigenvalue weighted by molar-refractivity contribution is 5.62. The number of halogens is 2. The molecular weight excluding hydrogens is 258 g/mol. The summed E-state index contributed by atoms with van der Waals surface area (Å²) < 4.78 is 26.4. The molecule has 0 unspecified atom stereocenters. The van der Waals surface area contributed by atoms with Crippen molar-refractivity contribution in [2.24, 2.45) is 0 Å².